The van der Waals surface area contributed by atoms with Crippen molar-refractivity contribution in [3.05, 3.63) is 24.3 Å². The maximum atomic E-state index is 4.50. The Morgan fingerprint density at radius 2 is 2.24 bits per heavy atom. The van der Waals surface area contributed by atoms with E-state index < -0.39 is 0 Å². The maximum absolute atomic E-state index is 4.50. The highest BCUT2D eigenvalue weighted by Gasteiger charge is 2.12. The number of aromatic amines is 1. The third-order valence-electron chi connectivity index (χ3n) is 3.32. The van der Waals surface area contributed by atoms with E-state index in [2.05, 4.69) is 20.6 Å². The van der Waals surface area contributed by atoms with E-state index in [1.165, 1.54) is 19.3 Å². The van der Waals surface area contributed by atoms with Crippen LogP contribution in [-0.4, -0.2) is 29.1 Å². The molecule has 4 heteroatoms. The highest BCUT2D eigenvalue weighted by molar-refractivity contribution is 5.77. The third-order valence-corrected chi connectivity index (χ3v) is 3.32. The van der Waals surface area contributed by atoms with Crippen molar-refractivity contribution in [1.29, 1.82) is 0 Å². The van der Waals surface area contributed by atoms with Crippen LogP contribution >= 0.6 is 0 Å². The van der Waals surface area contributed by atoms with Crippen LogP contribution < -0.4 is 10.6 Å². The highest BCUT2D eigenvalue weighted by atomic mass is 15.1. The van der Waals surface area contributed by atoms with Crippen LogP contribution in [0.3, 0.4) is 0 Å². The van der Waals surface area contributed by atoms with Gasteiger partial charge in [0.1, 0.15) is 0 Å². The van der Waals surface area contributed by atoms with Crippen LogP contribution in [0.25, 0.3) is 11.0 Å². The van der Waals surface area contributed by atoms with Gasteiger partial charge in [-0.15, -0.1) is 0 Å². The van der Waals surface area contributed by atoms with E-state index in [-0.39, 0.29) is 0 Å². The zero-order valence-electron chi connectivity index (χ0n) is 9.87. The Hall–Kier alpha value is -1.55. The van der Waals surface area contributed by atoms with Gasteiger partial charge in [-0.2, -0.15) is 0 Å². The summed E-state index contributed by atoms with van der Waals surface area (Å²) in [5, 5.41) is 6.89. The van der Waals surface area contributed by atoms with E-state index in [9.17, 15) is 0 Å². The Balaban J connectivity index is 1.64. The summed E-state index contributed by atoms with van der Waals surface area (Å²) in [5.41, 5.74) is 2.11. The number of nitrogens with zero attached hydrogens (tertiary/aromatic N) is 1. The maximum Gasteiger partial charge on any atom is 0.201 e. The molecule has 0 radical (unpaired) electrons. The molecule has 0 aliphatic carbocycles. The molecule has 1 fully saturated rings. The lowest BCUT2D eigenvalue weighted by Gasteiger charge is -2.23. The minimum atomic E-state index is 0.581. The molecule has 1 saturated heterocycles. The zero-order valence-corrected chi connectivity index (χ0v) is 9.87. The average molecular weight is 230 g/mol. The fourth-order valence-electron chi connectivity index (χ4n) is 2.35. The number of fused-ring (bicyclic) bond motifs is 1. The summed E-state index contributed by atoms with van der Waals surface area (Å²) in [7, 11) is 0. The predicted octanol–water partition coefficient (Wildman–Crippen LogP) is 2.12. The van der Waals surface area contributed by atoms with Crippen molar-refractivity contribution < 1.29 is 0 Å². The van der Waals surface area contributed by atoms with Crippen LogP contribution in [0, 0.1) is 0 Å². The average Bonchev–Trinajstić information content (AvgIpc) is 2.80. The molecule has 90 valence electrons. The number of benzene rings is 1. The van der Waals surface area contributed by atoms with Crippen molar-refractivity contribution in [2.45, 2.75) is 25.3 Å². The van der Waals surface area contributed by atoms with Gasteiger partial charge in [-0.25, -0.2) is 4.98 Å². The van der Waals surface area contributed by atoms with Crippen molar-refractivity contribution in [3.8, 4) is 0 Å². The molecule has 4 nitrogen and oxygen atoms in total. The number of hydrogen-bond donors (Lipinski definition) is 3. The topological polar surface area (TPSA) is 52.7 Å². The number of hydrogen-bond acceptors (Lipinski definition) is 3. The van der Waals surface area contributed by atoms with Gasteiger partial charge in [0.15, 0.2) is 0 Å². The second-order valence-corrected chi connectivity index (χ2v) is 4.63. The third kappa shape index (κ3) is 2.42. The normalized spacial score (nSPS) is 20.6. The zero-order chi connectivity index (χ0) is 11.5. The molecule has 0 saturated carbocycles. The first-order chi connectivity index (χ1) is 8.42. The summed E-state index contributed by atoms with van der Waals surface area (Å²) < 4.78 is 0. The van der Waals surface area contributed by atoms with E-state index >= 15 is 0 Å². The van der Waals surface area contributed by atoms with E-state index in [0.717, 1.165) is 30.1 Å². The Bertz CT molecular complexity index is 452. The van der Waals surface area contributed by atoms with E-state index in [1.54, 1.807) is 0 Å². The molecule has 0 amide bonds. The van der Waals surface area contributed by atoms with Gasteiger partial charge in [-0.1, -0.05) is 18.6 Å². The van der Waals surface area contributed by atoms with Crippen molar-refractivity contribution in [3.63, 3.8) is 0 Å². The van der Waals surface area contributed by atoms with Gasteiger partial charge in [-0.3, -0.25) is 0 Å². The molecule has 1 aromatic carbocycles. The fourth-order valence-corrected chi connectivity index (χ4v) is 2.35. The van der Waals surface area contributed by atoms with Crippen molar-refractivity contribution in [2.24, 2.45) is 0 Å². The summed E-state index contributed by atoms with van der Waals surface area (Å²) in [6, 6.07) is 8.68. The smallest absolute Gasteiger partial charge is 0.201 e. The van der Waals surface area contributed by atoms with Crippen molar-refractivity contribution in [1.82, 2.24) is 15.3 Å². The Labute approximate surface area is 101 Å². The summed E-state index contributed by atoms with van der Waals surface area (Å²) >= 11 is 0. The predicted molar refractivity (Wildman–Crippen MR) is 70.2 cm³/mol. The molecule has 1 atom stereocenters. The molecular formula is C13H18N4. The number of nitrogens with one attached hydrogen (secondary N) is 3. The second-order valence-electron chi connectivity index (χ2n) is 4.63. The number of H-pyrrole nitrogens is 1. The SMILES string of the molecule is c1ccc2[nH]c(NC[C@H]3CCCCN3)nc2c1. The first kappa shape index (κ1) is 10.6. The molecule has 17 heavy (non-hydrogen) atoms. The molecular weight excluding hydrogens is 212 g/mol. The number of piperidine rings is 1. The molecule has 1 aliphatic heterocycles. The molecule has 2 aromatic rings. The van der Waals surface area contributed by atoms with E-state index in [4.69, 9.17) is 0 Å². The highest BCUT2D eigenvalue weighted by Crippen LogP contribution is 2.14. The van der Waals surface area contributed by atoms with Crippen LogP contribution in [0.15, 0.2) is 24.3 Å². The number of anilines is 1. The molecule has 0 bridgehead atoms. The van der Waals surface area contributed by atoms with Gasteiger partial charge >= 0.3 is 0 Å². The van der Waals surface area contributed by atoms with Crippen LogP contribution in [-0.2, 0) is 0 Å². The lowest BCUT2D eigenvalue weighted by Crippen LogP contribution is -2.39. The lowest BCUT2D eigenvalue weighted by molar-refractivity contribution is 0.414. The van der Waals surface area contributed by atoms with Gasteiger partial charge in [0.25, 0.3) is 0 Å². The first-order valence-corrected chi connectivity index (χ1v) is 6.34. The van der Waals surface area contributed by atoms with Crippen LogP contribution in [0.4, 0.5) is 5.95 Å². The van der Waals surface area contributed by atoms with Gasteiger partial charge in [0.05, 0.1) is 11.0 Å². The van der Waals surface area contributed by atoms with Crippen LogP contribution in [0.5, 0.6) is 0 Å². The van der Waals surface area contributed by atoms with Crippen LogP contribution in [0.2, 0.25) is 0 Å². The summed E-state index contributed by atoms with van der Waals surface area (Å²) in [5.74, 6) is 0.874. The second kappa shape index (κ2) is 4.75. The lowest BCUT2D eigenvalue weighted by atomic mass is 10.1. The number of imidazole rings is 1. The summed E-state index contributed by atoms with van der Waals surface area (Å²) in [6.07, 6.45) is 3.90. The molecule has 3 N–H and O–H groups in total. The minimum absolute atomic E-state index is 0.581. The number of rotatable bonds is 3. The molecule has 2 heterocycles. The van der Waals surface area contributed by atoms with Gasteiger partial charge in [0.2, 0.25) is 5.95 Å². The van der Waals surface area contributed by atoms with E-state index in [0.29, 0.717) is 6.04 Å². The van der Waals surface area contributed by atoms with E-state index in [1.807, 2.05) is 24.3 Å². The first-order valence-electron chi connectivity index (χ1n) is 6.34. The van der Waals surface area contributed by atoms with Gasteiger partial charge in [0, 0.05) is 12.6 Å². The quantitative estimate of drug-likeness (QED) is 0.757. The fraction of sp³-hybridized carbons (Fsp3) is 0.462. The largest absolute Gasteiger partial charge is 0.354 e. The number of aromatic nitrogens is 2. The van der Waals surface area contributed by atoms with Gasteiger partial charge in [-0.05, 0) is 31.5 Å². The van der Waals surface area contributed by atoms with Crippen molar-refractivity contribution >= 4 is 17.0 Å². The molecule has 0 spiro atoms. The van der Waals surface area contributed by atoms with Gasteiger partial charge < -0.3 is 15.6 Å². The monoisotopic (exact) mass is 230 g/mol. The standard InChI is InChI=1S/C13H18N4/c1-2-7-12-11(6-1)16-13(17-12)15-9-10-5-3-4-8-14-10/h1-2,6-7,10,14H,3-5,8-9H2,(H2,15,16,17)/t10-/m1/s1. The summed E-state index contributed by atoms with van der Waals surface area (Å²) in [4.78, 5) is 7.79. The minimum Gasteiger partial charge on any atom is -0.354 e. The Morgan fingerprint density at radius 3 is 3.06 bits per heavy atom. The molecule has 3 rings (SSSR count). The Morgan fingerprint density at radius 1 is 1.29 bits per heavy atom. The molecule has 1 aromatic heterocycles. The summed E-state index contributed by atoms with van der Waals surface area (Å²) in [6.45, 7) is 2.09. The number of para-hydroxylation sites is 2. The Kier molecular flexibility index (Phi) is 2.96. The van der Waals surface area contributed by atoms with Crippen LogP contribution in [0.1, 0.15) is 19.3 Å². The molecule has 1 aliphatic rings. The van der Waals surface area contributed by atoms with Crippen molar-refractivity contribution in [2.75, 3.05) is 18.4 Å². The molecule has 0 unspecified atom stereocenters.